The number of imidazole rings is 1. The first-order valence-corrected chi connectivity index (χ1v) is 9.20. The minimum atomic E-state index is -0.00726. The highest BCUT2D eigenvalue weighted by molar-refractivity contribution is 5.94. The highest BCUT2D eigenvalue weighted by Gasteiger charge is 2.26. The van der Waals surface area contributed by atoms with Gasteiger partial charge in [-0.3, -0.25) is 9.59 Å². The van der Waals surface area contributed by atoms with Crippen LogP contribution in [0.25, 0.3) is 0 Å². The molecule has 1 aromatic carbocycles. The number of ether oxygens (including phenoxy) is 1. The molecule has 2 aromatic rings. The van der Waals surface area contributed by atoms with E-state index in [1.165, 1.54) is 0 Å². The van der Waals surface area contributed by atoms with Crippen molar-refractivity contribution in [2.24, 2.45) is 0 Å². The SMILES string of the molecule is COc1ccc(C(=O)N2CCN(C(=O)C[C@@H](C)n3ccnc3C)CC2)cc1. The van der Waals surface area contributed by atoms with Gasteiger partial charge in [-0.2, -0.15) is 0 Å². The molecule has 1 saturated heterocycles. The number of methoxy groups -OCH3 is 1. The van der Waals surface area contributed by atoms with Crippen LogP contribution in [0.1, 0.15) is 35.6 Å². The van der Waals surface area contributed by atoms with E-state index >= 15 is 0 Å². The molecule has 1 aromatic heterocycles. The van der Waals surface area contributed by atoms with Crippen LogP contribution in [-0.4, -0.2) is 64.5 Å². The summed E-state index contributed by atoms with van der Waals surface area (Å²) in [5.74, 6) is 1.74. The zero-order chi connectivity index (χ0) is 19.4. The van der Waals surface area contributed by atoms with Gasteiger partial charge in [-0.15, -0.1) is 0 Å². The summed E-state index contributed by atoms with van der Waals surface area (Å²) >= 11 is 0. The number of rotatable bonds is 5. The van der Waals surface area contributed by atoms with Crippen LogP contribution in [0.4, 0.5) is 0 Å². The molecule has 27 heavy (non-hydrogen) atoms. The van der Waals surface area contributed by atoms with Crippen molar-refractivity contribution in [2.75, 3.05) is 33.3 Å². The molecule has 0 spiro atoms. The number of carbonyl (C=O) groups excluding carboxylic acids is 2. The molecule has 0 radical (unpaired) electrons. The molecule has 144 valence electrons. The Balaban J connectivity index is 1.52. The molecule has 1 aliphatic rings. The second-order valence-electron chi connectivity index (χ2n) is 6.84. The van der Waals surface area contributed by atoms with E-state index in [2.05, 4.69) is 4.98 Å². The fraction of sp³-hybridized carbons (Fsp3) is 0.450. The van der Waals surface area contributed by atoms with Gasteiger partial charge in [0.1, 0.15) is 11.6 Å². The highest BCUT2D eigenvalue weighted by atomic mass is 16.5. The van der Waals surface area contributed by atoms with Gasteiger partial charge in [0.25, 0.3) is 5.91 Å². The average molecular weight is 370 g/mol. The van der Waals surface area contributed by atoms with E-state index in [9.17, 15) is 9.59 Å². The van der Waals surface area contributed by atoms with Crippen molar-refractivity contribution in [1.29, 1.82) is 0 Å². The summed E-state index contributed by atoms with van der Waals surface area (Å²) in [6, 6.07) is 7.18. The lowest BCUT2D eigenvalue weighted by Gasteiger charge is -2.35. The summed E-state index contributed by atoms with van der Waals surface area (Å²) in [7, 11) is 1.60. The molecule has 0 N–H and O–H groups in total. The molecule has 2 amide bonds. The number of benzene rings is 1. The Morgan fingerprint density at radius 2 is 1.74 bits per heavy atom. The Hall–Kier alpha value is -2.83. The summed E-state index contributed by atoms with van der Waals surface area (Å²) in [6.07, 6.45) is 4.09. The Labute approximate surface area is 159 Å². The Bertz CT molecular complexity index is 792. The fourth-order valence-electron chi connectivity index (χ4n) is 3.41. The van der Waals surface area contributed by atoms with Crippen LogP contribution in [0.5, 0.6) is 5.75 Å². The molecule has 0 unspecified atom stereocenters. The van der Waals surface area contributed by atoms with Crippen LogP contribution in [0.2, 0.25) is 0 Å². The van der Waals surface area contributed by atoms with E-state index in [-0.39, 0.29) is 17.9 Å². The minimum absolute atomic E-state index is 0.00726. The van der Waals surface area contributed by atoms with E-state index in [1.807, 2.05) is 29.5 Å². The number of hydrogen-bond acceptors (Lipinski definition) is 4. The van der Waals surface area contributed by atoms with Crippen LogP contribution in [0.15, 0.2) is 36.7 Å². The lowest BCUT2D eigenvalue weighted by molar-refractivity contribution is -0.133. The minimum Gasteiger partial charge on any atom is -0.497 e. The van der Waals surface area contributed by atoms with Gasteiger partial charge in [-0.05, 0) is 38.1 Å². The summed E-state index contributed by atoms with van der Waals surface area (Å²) < 4.78 is 7.14. The summed E-state index contributed by atoms with van der Waals surface area (Å²) in [5.41, 5.74) is 0.639. The molecular weight excluding hydrogens is 344 g/mol. The van der Waals surface area contributed by atoms with Gasteiger partial charge in [0, 0.05) is 56.6 Å². The molecule has 3 rings (SSSR count). The van der Waals surface area contributed by atoms with Crippen molar-refractivity contribution in [3.8, 4) is 5.75 Å². The van der Waals surface area contributed by atoms with Crippen molar-refractivity contribution >= 4 is 11.8 Å². The average Bonchev–Trinajstić information content (AvgIpc) is 3.13. The third-order valence-corrected chi connectivity index (χ3v) is 5.06. The highest BCUT2D eigenvalue weighted by Crippen LogP contribution is 2.17. The predicted molar refractivity (Wildman–Crippen MR) is 102 cm³/mol. The van der Waals surface area contributed by atoms with Gasteiger partial charge in [-0.1, -0.05) is 0 Å². The molecule has 7 nitrogen and oxygen atoms in total. The van der Waals surface area contributed by atoms with Gasteiger partial charge in [0.15, 0.2) is 0 Å². The first-order valence-electron chi connectivity index (χ1n) is 9.20. The van der Waals surface area contributed by atoms with Crippen molar-refractivity contribution in [1.82, 2.24) is 19.4 Å². The van der Waals surface area contributed by atoms with E-state index < -0.39 is 0 Å². The summed E-state index contributed by atoms with van der Waals surface area (Å²) in [6.45, 7) is 6.19. The van der Waals surface area contributed by atoms with Crippen LogP contribution < -0.4 is 4.74 Å². The number of amides is 2. The Kier molecular flexibility index (Phi) is 5.78. The van der Waals surface area contributed by atoms with Gasteiger partial charge in [-0.25, -0.2) is 4.98 Å². The lowest BCUT2D eigenvalue weighted by Crippen LogP contribution is -2.50. The van der Waals surface area contributed by atoms with E-state index in [0.29, 0.717) is 38.2 Å². The van der Waals surface area contributed by atoms with Crippen LogP contribution in [-0.2, 0) is 4.79 Å². The molecule has 0 bridgehead atoms. The van der Waals surface area contributed by atoms with Crippen LogP contribution in [0, 0.1) is 6.92 Å². The molecule has 0 aliphatic carbocycles. The van der Waals surface area contributed by atoms with Crippen molar-refractivity contribution < 1.29 is 14.3 Å². The van der Waals surface area contributed by atoms with Crippen molar-refractivity contribution in [2.45, 2.75) is 26.3 Å². The topological polar surface area (TPSA) is 67.7 Å². The number of nitrogens with zero attached hydrogens (tertiary/aromatic N) is 4. The van der Waals surface area contributed by atoms with Crippen LogP contribution in [0.3, 0.4) is 0 Å². The summed E-state index contributed by atoms with van der Waals surface area (Å²) in [4.78, 5) is 33.1. The number of hydrogen-bond donors (Lipinski definition) is 0. The van der Waals surface area contributed by atoms with Gasteiger partial charge < -0.3 is 19.1 Å². The van der Waals surface area contributed by atoms with E-state index in [0.717, 1.165) is 11.6 Å². The lowest BCUT2D eigenvalue weighted by atomic mass is 10.1. The van der Waals surface area contributed by atoms with Gasteiger partial charge >= 0.3 is 0 Å². The largest absolute Gasteiger partial charge is 0.497 e. The first kappa shape index (κ1) is 18.9. The Morgan fingerprint density at radius 1 is 1.11 bits per heavy atom. The summed E-state index contributed by atoms with van der Waals surface area (Å²) in [5, 5.41) is 0. The quantitative estimate of drug-likeness (QED) is 0.809. The maximum atomic E-state index is 12.6. The van der Waals surface area contributed by atoms with Gasteiger partial charge in [0.2, 0.25) is 5.91 Å². The maximum absolute atomic E-state index is 12.6. The fourth-order valence-corrected chi connectivity index (χ4v) is 3.41. The number of aryl methyl sites for hydroxylation is 1. The third-order valence-electron chi connectivity index (χ3n) is 5.06. The zero-order valence-corrected chi connectivity index (χ0v) is 16.1. The molecule has 1 fully saturated rings. The predicted octanol–water partition coefficient (Wildman–Crippen LogP) is 2.14. The molecule has 1 aliphatic heterocycles. The number of aromatic nitrogens is 2. The number of carbonyl (C=O) groups is 2. The number of piperazine rings is 1. The van der Waals surface area contributed by atoms with E-state index in [4.69, 9.17) is 4.74 Å². The maximum Gasteiger partial charge on any atom is 0.253 e. The second-order valence-corrected chi connectivity index (χ2v) is 6.84. The molecule has 2 heterocycles. The molecule has 1 atom stereocenters. The first-order chi connectivity index (χ1) is 13.0. The Morgan fingerprint density at radius 3 is 2.30 bits per heavy atom. The molecule has 7 heteroatoms. The smallest absolute Gasteiger partial charge is 0.253 e. The third kappa shape index (κ3) is 4.30. The van der Waals surface area contributed by atoms with E-state index in [1.54, 1.807) is 42.5 Å². The van der Waals surface area contributed by atoms with Crippen LogP contribution >= 0.6 is 0 Å². The monoisotopic (exact) mass is 370 g/mol. The standard InChI is InChI=1S/C20H26N4O3/c1-15(24-9-8-21-16(24)2)14-19(25)22-10-12-23(13-11-22)20(26)17-4-6-18(27-3)7-5-17/h4-9,15H,10-14H2,1-3H3/t15-/m1/s1. The van der Waals surface area contributed by atoms with Crippen molar-refractivity contribution in [3.63, 3.8) is 0 Å². The van der Waals surface area contributed by atoms with Gasteiger partial charge in [0.05, 0.1) is 7.11 Å². The second kappa shape index (κ2) is 8.24. The molecule has 0 saturated carbocycles. The van der Waals surface area contributed by atoms with Crippen molar-refractivity contribution in [3.05, 3.63) is 48.0 Å². The normalized spacial score (nSPS) is 15.5. The molecular formula is C20H26N4O3. The zero-order valence-electron chi connectivity index (χ0n) is 16.1.